The number of carbonyl (C=O) groups excluding carboxylic acids is 1. The van der Waals surface area contributed by atoms with Crippen molar-refractivity contribution in [1.82, 2.24) is 4.90 Å². The number of hydrogen-bond donors (Lipinski definition) is 0. The highest BCUT2D eigenvalue weighted by atomic mass is 16.6. The standard InChI is InChI=1S/C21H20N2O4/c22-11-17-19(25-12-15-7-3-1-4-8-15)20(18-14-27-21(24)23(17)18)26-13-16-9-5-2-6-10-16/h1-10,17-20H,12-14H2/t17-,18+,19+,20-/m1/s1. The average Bonchev–Trinajstić information content (AvgIpc) is 3.23. The van der Waals surface area contributed by atoms with Crippen LogP contribution in [-0.2, 0) is 27.4 Å². The summed E-state index contributed by atoms with van der Waals surface area (Å²) in [4.78, 5) is 13.6. The maximum atomic E-state index is 12.1. The summed E-state index contributed by atoms with van der Waals surface area (Å²) in [6, 6.07) is 20.7. The minimum absolute atomic E-state index is 0.210. The molecule has 0 saturated carbocycles. The van der Waals surface area contributed by atoms with Crippen LogP contribution in [0.5, 0.6) is 0 Å². The Labute approximate surface area is 157 Å². The molecule has 4 rings (SSSR count). The molecular formula is C21H20N2O4. The maximum absolute atomic E-state index is 12.1. The Hall–Kier alpha value is -2.88. The van der Waals surface area contributed by atoms with Gasteiger partial charge in [0.05, 0.1) is 25.3 Å². The van der Waals surface area contributed by atoms with Crippen molar-refractivity contribution in [2.45, 2.75) is 37.5 Å². The summed E-state index contributed by atoms with van der Waals surface area (Å²) in [5, 5.41) is 9.67. The lowest BCUT2D eigenvalue weighted by Gasteiger charge is -2.24. The normalized spacial score (nSPS) is 26.5. The van der Waals surface area contributed by atoms with Crippen LogP contribution in [-0.4, -0.2) is 41.9 Å². The van der Waals surface area contributed by atoms with Gasteiger partial charge in [-0.15, -0.1) is 0 Å². The number of hydrogen-bond acceptors (Lipinski definition) is 5. The van der Waals surface area contributed by atoms with Gasteiger partial charge in [-0.2, -0.15) is 5.26 Å². The van der Waals surface area contributed by atoms with E-state index in [1.807, 2.05) is 60.7 Å². The van der Waals surface area contributed by atoms with Crippen molar-refractivity contribution in [2.75, 3.05) is 6.61 Å². The van der Waals surface area contributed by atoms with Gasteiger partial charge in [0.15, 0.2) is 6.04 Å². The molecule has 2 heterocycles. The molecule has 6 heteroatoms. The van der Waals surface area contributed by atoms with Crippen molar-refractivity contribution >= 4 is 6.09 Å². The van der Waals surface area contributed by atoms with Crippen molar-refractivity contribution < 1.29 is 19.0 Å². The fourth-order valence-electron chi connectivity index (χ4n) is 3.64. The first kappa shape index (κ1) is 17.5. The number of nitriles is 1. The Morgan fingerprint density at radius 1 is 0.963 bits per heavy atom. The number of benzene rings is 2. The third-order valence-electron chi connectivity index (χ3n) is 4.96. The van der Waals surface area contributed by atoms with Crippen LogP contribution in [0, 0.1) is 11.3 Å². The van der Waals surface area contributed by atoms with Gasteiger partial charge in [-0.05, 0) is 11.1 Å². The summed E-state index contributed by atoms with van der Waals surface area (Å²) < 4.78 is 17.4. The van der Waals surface area contributed by atoms with E-state index in [0.717, 1.165) is 11.1 Å². The summed E-state index contributed by atoms with van der Waals surface area (Å²) in [6.45, 7) is 0.944. The van der Waals surface area contributed by atoms with Gasteiger partial charge in [0.25, 0.3) is 0 Å². The van der Waals surface area contributed by atoms with E-state index in [1.165, 1.54) is 4.90 Å². The van der Waals surface area contributed by atoms with Crippen LogP contribution < -0.4 is 0 Å². The number of ether oxygens (including phenoxy) is 3. The summed E-state index contributed by atoms with van der Waals surface area (Å²) >= 11 is 0. The minimum Gasteiger partial charge on any atom is -0.447 e. The smallest absolute Gasteiger partial charge is 0.411 e. The van der Waals surface area contributed by atoms with E-state index >= 15 is 0 Å². The number of amides is 1. The quantitative estimate of drug-likeness (QED) is 0.788. The topological polar surface area (TPSA) is 71.8 Å². The highest BCUT2D eigenvalue weighted by Crippen LogP contribution is 2.35. The summed E-state index contributed by atoms with van der Waals surface area (Å²) in [6.07, 6.45) is -1.44. The zero-order valence-electron chi connectivity index (χ0n) is 14.7. The van der Waals surface area contributed by atoms with Crippen molar-refractivity contribution in [3.8, 4) is 6.07 Å². The first-order valence-corrected chi connectivity index (χ1v) is 8.93. The Bertz CT molecular complexity index is 821. The van der Waals surface area contributed by atoms with Crippen LogP contribution in [0.4, 0.5) is 4.79 Å². The molecule has 4 atom stereocenters. The Morgan fingerprint density at radius 3 is 2.07 bits per heavy atom. The Balaban J connectivity index is 1.52. The molecule has 6 nitrogen and oxygen atoms in total. The van der Waals surface area contributed by atoms with Crippen LogP contribution >= 0.6 is 0 Å². The monoisotopic (exact) mass is 364 g/mol. The molecule has 0 N–H and O–H groups in total. The number of rotatable bonds is 6. The highest BCUT2D eigenvalue weighted by Gasteiger charge is 2.57. The van der Waals surface area contributed by atoms with Crippen molar-refractivity contribution in [3.63, 3.8) is 0 Å². The number of carbonyl (C=O) groups is 1. The van der Waals surface area contributed by atoms with E-state index in [4.69, 9.17) is 14.2 Å². The number of fused-ring (bicyclic) bond motifs is 1. The summed E-state index contributed by atoms with van der Waals surface area (Å²) in [5.41, 5.74) is 2.03. The highest BCUT2D eigenvalue weighted by molar-refractivity contribution is 5.72. The van der Waals surface area contributed by atoms with Gasteiger partial charge in [-0.3, -0.25) is 4.90 Å². The van der Waals surface area contributed by atoms with Crippen LogP contribution in [0.15, 0.2) is 60.7 Å². The fraction of sp³-hybridized carbons (Fsp3) is 0.333. The molecule has 27 heavy (non-hydrogen) atoms. The molecule has 138 valence electrons. The Morgan fingerprint density at radius 2 is 1.52 bits per heavy atom. The van der Waals surface area contributed by atoms with Crippen molar-refractivity contribution in [2.24, 2.45) is 0 Å². The van der Waals surface area contributed by atoms with Gasteiger partial charge < -0.3 is 14.2 Å². The van der Waals surface area contributed by atoms with Crippen LogP contribution in [0.1, 0.15) is 11.1 Å². The second-order valence-electron chi connectivity index (χ2n) is 6.65. The van der Waals surface area contributed by atoms with E-state index in [-0.39, 0.29) is 12.6 Å². The zero-order chi connectivity index (χ0) is 18.6. The van der Waals surface area contributed by atoms with Crippen LogP contribution in [0.3, 0.4) is 0 Å². The first-order valence-electron chi connectivity index (χ1n) is 8.93. The average molecular weight is 364 g/mol. The molecule has 2 aromatic carbocycles. The van der Waals surface area contributed by atoms with E-state index in [1.54, 1.807) is 0 Å². The molecule has 2 aliphatic rings. The predicted molar refractivity (Wildman–Crippen MR) is 96.4 cm³/mol. The SMILES string of the molecule is N#C[C@@H]1[C@H](OCc2ccccc2)[C@H](OCc2ccccc2)[C@@H]2COC(=O)N12. The second-order valence-corrected chi connectivity index (χ2v) is 6.65. The van der Waals surface area contributed by atoms with Crippen molar-refractivity contribution in [3.05, 3.63) is 71.8 Å². The molecular weight excluding hydrogens is 344 g/mol. The van der Waals surface area contributed by atoms with Gasteiger partial charge in [0.2, 0.25) is 0 Å². The van der Waals surface area contributed by atoms with E-state index in [0.29, 0.717) is 13.2 Å². The van der Waals surface area contributed by atoms with Crippen LogP contribution in [0.2, 0.25) is 0 Å². The lowest BCUT2D eigenvalue weighted by atomic mass is 10.1. The zero-order valence-corrected chi connectivity index (χ0v) is 14.7. The molecule has 1 amide bonds. The fourth-order valence-corrected chi connectivity index (χ4v) is 3.64. The van der Waals surface area contributed by atoms with Crippen LogP contribution in [0.25, 0.3) is 0 Å². The number of cyclic esters (lactones) is 1. The lowest BCUT2D eigenvalue weighted by molar-refractivity contribution is -0.0780. The van der Waals surface area contributed by atoms with Gasteiger partial charge in [0, 0.05) is 0 Å². The van der Waals surface area contributed by atoms with E-state index < -0.39 is 24.3 Å². The summed E-state index contributed by atoms with van der Waals surface area (Å²) in [5.74, 6) is 0. The molecule has 2 saturated heterocycles. The molecule has 2 aliphatic heterocycles. The third-order valence-corrected chi connectivity index (χ3v) is 4.96. The van der Waals surface area contributed by atoms with Gasteiger partial charge in [-0.25, -0.2) is 4.79 Å². The van der Waals surface area contributed by atoms with E-state index in [2.05, 4.69) is 6.07 Å². The van der Waals surface area contributed by atoms with Gasteiger partial charge >= 0.3 is 6.09 Å². The Kier molecular flexibility index (Phi) is 5.05. The van der Waals surface area contributed by atoms with Gasteiger partial charge in [-0.1, -0.05) is 60.7 Å². The third kappa shape index (κ3) is 3.52. The summed E-state index contributed by atoms with van der Waals surface area (Å²) in [7, 11) is 0. The maximum Gasteiger partial charge on any atom is 0.411 e. The molecule has 2 fully saturated rings. The second kappa shape index (κ2) is 7.78. The minimum atomic E-state index is -0.727. The molecule has 0 bridgehead atoms. The molecule has 0 radical (unpaired) electrons. The molecule has 0 spiro atoms. The van der Waals surface area contributed by atoms with Gasteiger partial charge in [0.1, 0.15) is 18.8 Å². The molecule has 2 aromatic rings. The van der Waals surface area contributed by atoms with E-state index in [9.17, 15) is 10.1 Å². The first-order chi connectivity index (χ1) is 13.3. The molecule has 0 unspecified atom stereocenters. The lowest BCUT2D eigenvalue weighted by Crippen LogP contribution is -2.39. The largest absolute Gasteiger partial charge is 0.447 e. The number of nitrogens with zero attached hydrogens (tertiary/aromatic N) is 2. The van der Waals surface area contributed by atoms with Crippen molar-refractivity contribution in [1.29, 1.82) is 5.26 Å². The molecule has 0 aliphatic carbocycles. The predicted octanol–water partition coefficient (Wildman–Crippen LogP) is 2.88. The molecule has 0 aromatic heterocycles.